The first kappa shape index (κ1) is 32.5. The van der Waals surface area contributed by atoms with Crippen LogP contribution < -0.4 is 16.0 Å². The van der Waals surface area contributed by atoms with Crippen molar-refractivity contribution < 1.29 is 34.1 Å². The summed E-state index contributed by atoms with van der Waals surface area (Å²) in [5, 5.41) is 27.5. The number of ketones is 1. The minimum Gasteiger partial charge on any atom is -0.444 e. The molecule has 0 spiro atoms. The predicted octanol–water partition coefficient (Wildman–Crippen LogP) is 2.82. The SMILES string of the molecule is CC(C)CC(NC(=O)[C@H](CNC(=O)OC(C)(C)C)NC(=O)c1cccc(-c2ccccc2)c1)C(=O)C(C)(O)CO. The van der Waals surface area contributed by atoms with Gasteiger partial charge in [-0.1, -0.05) is 56.3 Å². The van der Waals surface area contributed by atoms with E-state index in [-0.39, 0.29) is 24.4 Å². The van der Waals surface area contributed by atoms with Crippen LogP contribution in [0.1, 0.15) is 58.3 Å². The monoisotopic (exact) mass is 555 g/mol. The molecular formula is C30H41N3O7. The van der Waals surface area contributed by atoms with Crippen LogP contribution in [0.15, 0.2) is 54.6 Å². The van der Waals surface area contributed by atoms with E-state index in [1.807, 2.05) is 50.2 Å². The lowest BCUT2D eigenvalue weighted by Gasteiger charge is -2.29. The van der Waals surface area contributed by atoms with Crippen molar-refractivity contribution in [1.82, 2.24) is 16.0 Å². The Balaban J connectivity index is 2.30. The van der Waals surface area contributed by atoms with Gasteiger partial charge in [0.15, 0.2) is 5.78 Å². The van der Waals surface area contributed by atoms with E-state index in [2.05, 4.69) is 16.0 Å². The summed E-state index contributed by atoms with van der Waals surface area (Å²) in [4.78, 5) is 51.9. The second-order valence-corrected chi connectivity index (χ2v) is 11.3. The van der Waals surface area contributed by atoms with Crippen molar-refractivity contribution in [3.05, 3.63) is 60.2 Å². The van der Waals surface area contributed by atoms with Gasteiger partial charge in [0.25, 0.3) is 5.91 Å². The van der Waals surface area contributed by atoms with E-state index >= 15 is 0 Å². The molecule has 0 aromatic heterocycles. The Hall–Kier alpha value is -3.76. The summed E-state index contributed by atoms with van der Waals surface area (Å²) in [5.74, 6) is -2.13. The van der Waals surface area contributed by atoms with Crippen LogP contribution in [-0.4, -0.2) is 70.3 Å². The van der Waals surface area contributed by atoms with Gasteiger partial charge in [-0.25, -0.2) is 4.79 Å². The Kier molecular flexibility index (Phi) is 11.4. The molecule has 0 aliphatic carbocycles. The van der Waals surface area contributed by atoms with E-state index in [9.17, 15) is 29.4 Å². The van der Waals surface area contributed by atoms with E-state index in [4.69, 9.17) is 4.74 Å². The third-order valence-corrected chi connectivity index (χ3v) is 5.88. The molecule has 2 aromatic rings. The first-order valence-corrected chi connectivity index (χ1v) is 13.2. The Labute approximate surface area is 235 Å². The highest BCUT2D eigenvalue weighted by Gasteiger charge is 2.37. The average molecular weight is 556 g/mol. The number of nitrogens with one attached hydrogen (secondary N) is 3. The molecule has 3 atom stereocenters. The van der Waals surface area contributed by atoms with E-state index in [1.165, 1.54) is 0 Å². The number of benzene rings is 2. The third-order valence-electron chi connectivity index (χ3n) is 5.88. The summed E-state index contributed by atoms with van der Waals surface area (Å²) in [7, 11) is 0. The molecule has 0 bridgehead atoms. The van der Waals surface area contributed by atoms with Crippen LogP contribution >= 0.6 is 0 Å². The number of carbonyl (C=O) groups is 4. The highest BCUT2D eigenvalue weighted by molar-refractivity contribution is 6.00. The van der Waals surface area contributed by atoms with Crippen molar-refractivity contribution in [1.29, 1.82) is 0 Å². The van der Waals surface area contributed by atoms with Crippen LogP contribution in [0.2, 0.25) is 0 Å². The topological polar surface area (TPSA) is 154 Å². The fraction of sp³-hybridized carbons (Fsp3) is 0.467. The Bertz CT molecular complexity index is 1170. The number of hydrogen-bond donors (Lipinski definition) is 5. The van der Waals surface area contributed by atoms with Crippen LogP contribution in [0.5, 0.6) is 0 Å². The molecule has 0 radical (unpaired) electrons. The molecule has 10 nitrogen and oxygen atoms in total. The van der Waals surface area contributed by atoms with Gasteiger partial charge >= 0.3 is 6.09 Å². The zero-order chi connectivity index (χ0) is 30.1. The fourth-order valence-corrected chi connectivity index (χ4v) is 3.85. The van der Waals surface area contributed by atoms with E-state index in [0.717, 1.165) is 18.1 Å². The quantitative estimate of drug-likeness (QED) is 0.270. The summed E-state index contributed by atoms with van der Waals surface area (Å²) in [5.41, 5.74) is -0.861. The minimum absolute atomic E-state index is 0.0441. The fourth-order valence-electron chi connectivity index (χ4n) is 3.85. The maximum absolute atomic E-state index is 13.4. The van der Waals surface area contributed by atoms with Crippen LogP contribution in [0.25, 0.3) is 11.1 Å². The number of ether oxygens (including phenoxy) is 1. The summed E-state index contributed by atoms with van der Waals surface area (Å²) in [6.07, 6.45) is -0.608. The summed E-state index contributed by atoms with van der Waals surface area (Å²) in [6.45, 7) is 8.75. The van der Waals surface area contributed by atoms with Crippen molar-refractivity contribution in [2.75, 3.05) is 13.2 Å². The van der Waals surface area contributed by atoms with Gasteiger partial charge in [-0.05, 0) is 63.3 Å². The summed E-state index contributed by atoms with van der Waals surface area (Å²) in [6, 6.07) is 13.9. The molecule has 5 N–H and O–H groups in total. The molecule has 2 aromatic carbocycles. The van der Waals surface area contributed by atoms with Crippen LogP contribution in [-0.2, 0) is 14.3 Å². The lowest BCUT2D eigenvalue weighted by Crippen LogP contribution is -2.59. The molecule has 0 saturated heterocycles. The minimum atomic E-state index is -2.07. The third kappa shape index (κ3) is 10.1. The number of Topliss-reactive ketones (excluding diaryl/α,β-unsaturated/α-hetero) is 1. The predicted molar refractivity (Wildman–Crippen MR) is 151 cm³/mol. The molecule has 0 fully saturated rings. The van der Waals surface area contributed by atoms with Gasteiger partial charge in [0.05, 0.1) is 19.2 Å². The van der Waals surface area contributed by atoms with Gasteiger partial charge in [0, 0.05) is 5.56 Å². The maximum Gasteiger partial charge on any atom is 0.407 e. The first-order chi connectivity index (χ1) is 18.6. The van der Waals surface area contributed by atoms with Crippen LogP contribution in [0.4, 0.5) is 4.79 Å². The normalized spacial score (nSPS) is 14.4. The molecule has 3 amide bonds. The molecule has 2 rings (SSSR count). The van der Waals surface area contributed by atoms with Gasteiger partial charge in [-0.3, -0.25) is 14.4 Å². The number of carbonyl (C=O) groups excluding carboxylic acids is 4. The average Bonchev–Trinajstić information content (AvgIpc) is 2.89. The standard InChI is InChI=1S/C30H41N3O7/c1-19(2)15-23(25(35)30(6,39)18-34)32-27(37)24(17-31-28(38)40-29(3,4)5)33-26(36)22-14-10-13-21(16-22)20-11-8-7-9-12-20/h7-14,16,19,23-24,34,39H,15,17-18H2,1-6H3,(H,31,38)(H,32,37)(H,33,36)/t23?,24-,30?/m0/s1. The Morgan fingerprint density at radius 2 is 1.50 bits per heavy atom. The highest BCUT2D eigenvalue weighted by atomic mass is 16.6. The number of amides is 3. The van der Waals surface area contributed by atoms with Crippen molar-refractivity contribution in [2.45, 2.75) is 71.2 Å². The summed E-state index contributed by atoms with van der Waals surface area (Å²) >= 11 is 0. The van der Waals surface area contributed by atoms with E-state index in [1.54, 1.807) is 39.0 Å². The number of alkyl carbamates (subject to hydrolysis) is 1. The molecule has 40 heavy (non-hydrogen) atoms. The van der Waals surface area contributed by atoms with Crippen LogP contribution in [0.3, 0.4) is 0 Å². The molecule has 0 heterocycles. The van der Waals surface area contributed by atoms with Crippen molar-refractivity contribution in [3.63, 3.8) is 0 Å². The smallest absolute Gasteiger partial charge is 0.407 e. The second-order valence-electron chi connectivity index (χ2n) is 11.3. The lowest BCUT2D eigenvalue weighted by atomic mass is 9.90. The molecule has 218 valence electrons. The number of aliphatic hydroxyl groups is 2. The van der Waals surface area contributed by atoms with Crippen molar-refractivity contribution >= 4 is 23.7 Å². The first-order valence-electron chi connectivity index (χ1n) is 13.2. The second kappa shape index (κ2) is 14.0. The van der Waals surface area contributed by atoms with E-state index in [0.29, 0.717) is 0 Å². The van der Waals surface area contributed by atoms with Gasteiger partial charge in [0.1, 0.15) is 17.2 Å². The van der Waals surface area contributed by atoms with Crippen molar-refractivity contribution in [3.8, 4) is 11.1 Å². The molecule has 0 aliphatic rings. The Morgan fingerprint density at radius 3 is 2.08 bits per heavy atom. The Morgan fingerprint density at radius 1 is 0.875 bits per heavy atom. The van der Waals surface area contributed by atoms with E-state index < -0.39 is 53.6 Å². The largest absolute Gasteiger partial charge is 0.444 e. The maximum atomic E-state index is 13.4. The van der Waals surface area contributed by atoms with Gasteiger partial charge in [-0.2, -0.15) is 0 Å². The van der Waals surface area contributed by atoms with Gasteiger partial charge < -0.3 is 30.9 Å². The van der Waals surface area contributed by atoms with Crippen molar-refractivity contribution in [2.24, 2.45) is 5.92 Å². The summed E-state index contributed by atoms with van der Waals surface area (Å²) < 4.78 is 5.24. The molecular weight excluding hydrogens is 514 g/mol. The molecule has 0 aliphatic heterocycles. The molecule has 0 saturated carbocycles. The number of hydrogen-bond acceptors (Lipinski definition) is 7. The van der Waals surface area contributed by atoms with Gasteiger partial charge in [-0.15, -0.1) is 0 Å². The van der Waals surface area contributed by atoms with Crippen LogP contribution in [0, 0.1) is 5.92 Å². The van der Waals surface area contributed by atoms with Gasteiger partial charge in [0.2, 0.25) is 5.91 Å². The lowest BCUT2D eigenvalue weighted by molar-refractivity contribution is -0.144. The highest BCUT2D eigenvalue weighted by Crippen LogP contribution is 2.20. The zero-order valence-electron chi connectivity index (χ0n) is 24.0. The number of aliphatic hydroxyl groups excluding tert-OH is 1. The molecule has 10 heteroatoms. The molecule has 2 unspecified atom stereocenters. The number of rotatable bonds is 12. The zero-order valence-corrected chi connectivity index (χ0v) is 24.0.